The predicted molar refractivity (Wildman–Crippen MR) is 88.7 cm³/mol. The highest BCUT2D eigenvalue weighted by Crippen LogP contribution is 2.26. The highest BCUT2D eigenvalue weighted by atomic mass is 16.1. The minimum atomic E-state index is 0.00517. The summed E-state index contributed by atoms with van der Waals surface area (Å²) in [6, 6.07) is 8.12. The maximum atomic E-state index is 12.6. The van der Waals surface area contributed by atoms with Gasteiger partial charge in [0.15, 0.2) is 5.78 Å². The molecule has 2 nitrogen and oxygen atoms in total. The molecule has 0 spiro atoms. The number of piperidine rings is 1. The lowest BCUT2D eigenvalue weighted by Crippen LogP contribution is -2.44. The van der Waals surface area contributed by atoms with Crippen LogP contribution in [-0.4, -0.2) is 29.8 Å². The van der Waals surface area contributed by atoms with Crippen LogP contribution < -0.4 is 0 Å². The van der Waals surface area contributed by atoms with Crippen LogP contribution in [0.25, 0.3) is 0 Å². The number of carbonyl (C=O) groups excluding carboxylic acids is 1. The molecule has 0 N–H and O–H groups in total. The fraction of sp³-hybridized carbons (Fsp3) is 0.632. The smallest absolute Gasteiger partial charge is 0.179 e. The molecule has 0 saturated carbocycles. The monoisotopic (exact) mass is 287 g/mol. The van der Waals surface area contributed by atoms with Crippen molar-refractivity contribution >= 4 is 5.78 Å². The SMILES string of the molecule is CCc1ccc(C(=O)C(C)N2CCC(C(C)C)CC2)cc1. The first-order valence-corrected chi connectivity index (χ1v) is 8.40. The van der Waals surface area contributed by atoms with E-state index in [1.165, 1.54) is 18.4 Å². The van der Waals surface area contributed by atoms with Gasteiger partial charge < -0.3 is 0 Å². The van der Waals surface area contributed by atoms with E-state index in [1.807, 2.05) is 12.1 Å². The van der Waals surface area contributed by atoms with E-state index in [4.69, 9.17) is 0 Å². The van der Waals surface area contributed by atoms with E-state index in [0.717, 1.165) is 36.9 Å². The number of nitrogens with zero attached hydrogens (tertiary/aromatic N) is 1. The molecule has 1 aromatic rings. The van der Waals surface area contributed by atoms with Crippen LogP contribution in [0.4, 0.5) is 0 Å². The average Bonchev–Trinajstić information content (AvgIpc) is 2.53. The van der Waals surface area contributed by atoms with Crippen LogP contribution in [-0.2, 0) is 6.42 Å². The van der Waals surface area contributed by atoms with Crippen molar-refractivity contribution in [2.45, 2.75) is 53.0 Å². The second kappa shape index (κ2) is 7.22. The summed E-state index contributed by atoms with van der Waals surface area (Å²) in [4.78, 5) is 15.0. The summed E-state index contributed by atoms with van der Waals surface area (Å²) in [5.41, 5.74) is 2.14. The Balaban J connectivity index is 1.96. The normalized spacial score (nSPS) is 18.9. The summed E-state index contributed by atoms with van der Waals surface area (Å²) >= 11 is 0. The molecule has 1 saturated heterocycles. The summed E-state index contributed by atoms with van der Waals surface area (Å²) in [5.74, 6) is 1.85. The summed E-state index contributed by atoms with van der Waals surface area (Å²) in [6.45, 7) is 10.9. The molecule has 21 heavy (non-hydrogen) atoms. The molecule has 1 unspecified atom stereocenters. The molecule has 1 heterocycles. The van der Waals surface area contributed by atoms with Gasteiger partial charge in [-0.1, -0.05) is 45.0 Å². The zero-order chi connectivity index (χ0) is 15.4. The maximum Gasteiger partial charge on any atom is 0.179 e. The van der Waals surface area contributed by atoms with E-state index in [2.05, 4.69) is 44.7 Å². The Morgan fingerprint density at radius 1 is 1.14 bits per heavy atom. The highest BCUT2D eigenvalue weighted by molar-refractivity contribution is 5.99. The number of hydrogen-bond acceptors (Lipinski definition) is 2. The number of hydrogen-bond donors (Lipinski definition) is 0. The molecule has 0 radical (unpaired) electrons. The Bertz CT molecular complexity index is 455. The third-order valence-corrected chi connectivity index (χ3v) is 5.09. The van der Waals surface area contributed by atoms with Crippen LogP contribution in [0.5, 0.6) is 0 Å². The van der Waals surface area contributed by atoms with Gasteiger partial charge in [-0.15, -0.1) is 0 Å². The predicted octanol–water partition coefficient (Wildman–Crippen LogP) is 4.19. The molecule has 2 rings (SSSR count). The minimum absolute atomic E-state index is 0.00517. The van der Waals surface area contributed by atoms with Gasteiger partial charge in [-0.25, -0.2) is 0 Å². The number of rotatable bonds is 5. The molecule has 116 valence electrons. The van der Waals surface area contributed by atoms with Crippen molar-refractivity contribution < 1.29 is 4.79 Å². The Labute approximate surface area is 129 Å². The molecule has 1 aromatic carbocycles. The molecule has 0 amide bonds. The number of aryl methyl sites for hydroxylation is 1. The van der Waals surface area contributed by atoms with Crippen LogP contribution in [0.15, 0.2) is 24.3 Å². The molecule has 1 atom stereocenters. The van der Waals surface area contributed by atoms with E-state index in [0.29, 0.717) is 0 Å². The van der Waals surface area contributed by atoms with Gasteiger partial charge in [0.05, 0.1) is 6.04 Å². The molecule has 0 aromatic heterocycles. The first-order valence-electron chi connectivity index (χ1n) is 8.40. The van der Waals surface area contributed by atoms with E-state index < -0.39 is 0 Å². The van der Waals surface area contributed by atoms with Crippen LogP contribution in [0.1, 0.15) is 56.5 Å². The number of likely N-dealkylation sites (tertiary alicyclic amines) is 1. The van der Waals surface area contributed by atoms with E-state index in [9.17, 15) is 4.79 Å². The van der Waals surface area contributed by atoms with Crippen molar-refractivity contribution in [3.05, 3.63) is 35.4 Å². The van der Waals surface area contributed by atoms with Crippen molar-refractivity contribution in [3.63, 3.8) is 0 Å². The van der Waals surface area contributed by atoms with Gasteiger partial charge in [0, 0.05) is 5.56 Å². The third kappa shape index (κ3) is 3.94. The lowest BCUT2D eigenvalue weighted by atomic mass is 9.86. The molecular weight excluding hydrogens is 258 g/mol. The first kappa shape index (κ1) is 16.2. The van der Waals surface area contributed by atoms with Crippen molar-refractivity contribution in [3.8, 4) is 0 Å². The summed E-state index contributed by atoms with van der Waals surface area (Å²) < 4.78 is 0. The van der Waals surface area contributed by atoms with E-state index >= 15 is 0 Å². The lowest BCUT2D eigenvalue weighted by molar-refractivity contribution is 0.0743. The molecule has 2 heteroatoms. The quantitative estimate of drug-likeness (QED) is 0.757. The molecular formula is C19H29NO. The average molecular weight is 287 g/mol. The number of carbonyl (C=O) groups is 1. The van der Waals surface area contributed by atoms with Crippen molar-refractivity contribution in [2.24, 2.45) is 11.8 Å². The topological polar surface area (TPSA) is 20.3 Å². The maximum absolute atomic E-state index is 12.6. The van der Waals surface area contributed by atoms with Crippen molar-refractivity contribution in [1.29, 1.82) is 0 Å². The van der Waals surface area contributed by atoms with Gasteiger partial charge in [-0.3, -0.25) is 9.69 Å². The summed E-state index contributed by atoms with van der Waals surface area (Å²) in [5, 5.41) is 0. The molecule has 0 aliphatic carbocycles. The zero-order valence-corrected chi connectivity index (χ0v) is 13.9. The van der Waals surface area contributed by atoms with Crippen molar-refractivity contribution in [2.75, 3.05) is 13.1 Å². The lowest BCUT2D eigenvalue weighted by Gasteiger charge is -2.36. The minimum Gasteiger partial charge on any atom is -0.293 e. The third-order valence-electron chi connectivity index (χ3n) is 5.09. The fourth-order valence-corrected chi connectivity index (χ4v) is 3.29. The van der Waals surface area contributed by atoms with Crippen LogP contribution in [0, 0.1) is 11.8 Å². The number of Topliss-reactive ketones (excluding diaryl/α,β-unsaturated/α-hetero) is 1. The van der Waals surface area contributed by atoms with Gasteiger partial charge in [-0.2, -0.15) is 0 Å². The molecule has 0 bridgehead atoms. The van der Waals surface area contributed by atoms with Crippen molar-refractivity contribution in [1.82, 2.24) is 4.90 Å². The standard InChI is InChI=1S/C19H29NO/c1-5-16-6-8-18(9-7-16)19(21)15(4)20-12-10-17(11-13-20)14(2)3/h6-9,14-15,17H,5,10-13H2,1-4H3. The number of benzene rings is 1. The van der Waals surface area contributed by atoms with Gasteiger partial charge in [0.1, 0.15) is 0 Å². The number of ketones is 1. The fourth-order valence-electron chi connectivity index (χ4n) is 3.29. The van der Waals surface area contributed by atoms with Gasteiger partial charge in [0.25, 0.3) is 0 Å². The van der Waals surface area contributed by atoms with Crippen LogP contribution in [0.2, 0.25) is 0 Å². The molecule has 1 fully saturated rings. The highest BCUT2D eigenvalue weighted by Gasteiger charge is 2.28. The molecule has 1 aliphatic rings. The van der Waals surface area contributed by atoms with E-state index in [1.54, 1.807) is 0 Å². The Kier molecular flexibility index (Phi) is 5.58. The Morgan fingerprint density at radius 3 is 2.19 bits per heavy atom. The van der Waals surface area contributed by atoms with Crippen LogP contribution >= 0.6 is 0 Å². The second-order valence-corrected chi connectivity index (χ2v) is 6.71. The second-order valence-electron chi connectivity index (χ2n) is 6.71. The summed E-state index contributed by atoms with van der Waals surface area (Å²) in [6.07, 6.45) is 3.47. The Morgan fingerprint density at radius 2 is 1.71 bits per heavy atom. The largest absolute Gasteiger partial charge is 0.293 e. The van der Waals surface area contributed by atoms with Crippen LogP contribution in [0.3, 0.4) is 0 Å². The van der Waals surface area contributed by atoms with E-state index in [-0.39, 0.29) is 11.8 Å². The molecule has 1 aliphatic heterocycles. The van der Waals surface area contributed by atoms with Gasteiger partial charge >= 0.3 is 0 Å². The zero-order valence-electron chi connectivity index (χ0n) is 13.9. The summed E-state index contributed by atoms with van der Waals surface area (Å²) in [7, 11) is 0. The Hall–Kier alpha value is -1.15. The van der Waals surface area contributed by atoms with Gasteiger partial charge in [-0.05, 0) is 56.7 Å². The first-order chi connectivity index (χ1) is 10.0. The van der Waals surface area contributed by atoms with Gasteiger partial charge in [0.2, 0.25) is 0 Å².